The van der Waals surface area contributed by atoms with Crippen LogP contribution in [0.1, 0.15) is 40.5 Å². The summed E-state index contributed by atoms with van der Waals surface area (Å²) in [4.78, 5) is 37.6. The van der Waals surface area contributed by atoms with E-state index in [0.29, 0.717) is 12.8 Å². The Hall–Kier alpha value is -1.83. The minimum atomic E-state index is -0.854. The van der Waals surface area contributed by atoms with E-state index in [0.717, 1.165) is 0 Å². The van der Waals surface area contributed by atoms with Crippen LogP contribution in [0.25, 0.3) is 0 Å². The smallest absolute Gasteiger partial charge is 0.408 e. The van der Waals surface area contributed by atoms with Crippen LogP contribution in [0.2, 0.25) is 0 Å². The van der Waals surface area contributed by atoms with E-state index < -0.39 is 41.9 Å². The van der Waals surface area contributed by atoms with Crippen LogP contribution in [-0.4, -0.2) is 61.0 Å². The molecule has 0 bridgehead atoms. The number of nitrogens with zero attached hydrogens (tertiary/aromatic N) is 1. The molecule has 1 fully saturated rings. The first-order valence-electron chi connectivity index (χ1n) is 7.53. The fourth-order valence-electron chi connectivity index (χ4n) is 2.44. The first kappa shape index (κ1) is 19.2. The van der Waals surface area contributed by atoms with Crippen molar-refractivity contribution < 1.29 is 28.6 Å². The Morgan fingerprint density at radius 1 is 1.17 bits per heavy atom. The van der Waals surface area contributed by atoms with Crippen molar-refractivity contribution in [2.75, 3.05) is 14.2 Å². The first-order chi connectivity index (χ1) is 10.6. The van der Waals surface area contributed by atoms with E-state index >= 15 is 0 Å². The third-order valence-electron chi connectivity index (χ3n) is 3.44. The summed E-state index contributed by atoms with van der Waals surface area (Å²) in [5, 5.41) is 2.48. The number of hydrogen-bond donors (Lipinski definition) is 1. The number of methoxy groups -OCH3 is 2. The predicted molar refractivity (Wildman–Crippen MR) is 81.5 cm³/mol. The second-order valence-corrected chi connectivity index (χ2v) is 6.42. The molecule has 1 N–H and O–H groups in total. The van der Waals surface area contributed by atoms with Gasteiger partial charge in [-0.3, -0.25) is 4.79 Å². The van der Waals surface area contributed by atoms with Crippen LogP contribution in [0.5, 0.6) is 0 Å². The SMILES string of the molecule is COC(=O)[C@@H]1CCC(OC)N1C(=O)[C@H](C)NC(=O)OC(C)(C)C. The third-order valence-corrected chi connectivity index (χ3v) is 3.44. The fourth-order valence-corrected chi connectivity index (χ4v) is 2.44. The van der Waals surface area contributed by atoms with Gasteiger partial charge in [0, 0.05) is 7.11 Å². The van der Waals surface area contributed by atoms with Crippen LogP contribution < -0.4 is 5.32 Å². The lowest BCUT2D eigenvalue weighted by atomic mass is 10.2. The third kappa shape index (κ3) is 5.09. The maximum Gasteiger partial charge on any atom is 0.408 e. The minimum Gasteiger partial charge on any atom is -0.467 e. The molecule has 0 saturated carbocycles. The zero-order valence-electron chi connectivity index (χ0n) is 14.5. The molecule has 1 rings (SSSR count). The molecule has 23 heavy (non-hydrogen) atoms. The number of amides is 2. The van der Waals surface area contributed by atoms with Gasteiger partial charge in [0.2, 0.25) is 5.91 Å². The largest absolute Gasteiger partial charge is 0.467 e. The topological polar surface area (TPSA) is 94.2 Å². The Labute approximate surface area is 136 Å². The summed E-state index contributed by atoms with van der Waals surface area (Å²) < 4.78 is 15.1. The highest BCUT2D eigenvalue weighted by Gasteiger charge is 2.43. The van der Waals surface area contributed by atoms with E-state index in [2.05, 4.69) is 5.32 Å². The van der Waals surface area contributed by atoms with Crippen LogP contribution in [0.4, 0.5) is 4.79 Å². The summed E-state index contributed by atoms with van der Waals surface area (Å²) in [6.07, 6.45) is -0.229. The van der Waals surface area contributed by atoms with Crippen LogP contribution in [0.15, 0.2) is 0 Å². The standard InChI is InChI=1S/C15H26N2O6/c1-9(16-14(20)23-15(2,3)4)12(18)17-10(13(19)22-6)7-8-11(17)21-5/h9-11H,7-8H2,1-6H3,(H,16,20)/t9-,10-,11?/m0/s1. The number of carbonyl (C=O) groups is 3. The second-order valence-electron chi connectivity index (χ2n) is 6.42. The number of likely N-dealkylation sites (tertiary alicyclic amines) is 1. The average molecular weight is 330 g/mol. The van der Waals surface area contributed by atoms with Gasteiger partial charge in [-0.25, -0.2) is 9.59 Å². The molecule has 8 heteroatoms. The highest BCUT2D eigenvalue weighted by atomic mass is 16.6. The Morgan fingerprint density at radius 3 is 2.26 bits per heavy atom. The lowest BCUT2D eigenvalue weighted by Gasteiger charge is -2.30. The van der Waals surface area contributed by atoms with Crippen LogP contribution >= 0.6 is 0 Å². The molecule has 0 aliphatic carbocycles. The van der Waals surface area contributed by atoms with Crippen molar-refractivity contribution in [3.63, 3.8) is 0 Å². The van der Waals surface area contributed by atoms with Crippen molar-refractivity contribution in [1.82, 2.24) is 10.2 Å². The highest BCUT2D eigenvalue weighted by molar-refractivity contribution is 5.90. The molecule has 0 spiro atoms. The van der Waals surface area contributed by atoms with E-state index in [1.165, 1.54) is 26.0 Å². The summed E-state index contributed by atoms with van der Waals surface area (Å²) in [6.45, 7) is 6.72. The van der Waals surface area contributed by atoms with Crippen LogP contribution in [-0.2, 0) is 23.8 Å². The Balaban J connectivity index is 2.79. The van der Waals surface area contributed by atoms with Gasteiger partial charge < -0.3 is 24.4 Å². The molecule has 1 unspecified atom stereocenters. The summed E-state index contributed by atoms with van der Waals surface area (Å²) in [7, 11) is 2.74. The molecule has 132 valence electrons. The molecule has 1 heterocycles. The van der Waals surface area contributed by atoms with Gasteiger partial charge in [-0.15, -0.1) is 0 Å². The molecule has 0 radical (unpaired) electrons. The quantitative estimate of drug-likeness (QED) is 0.774. The fraction of sp³-hybridized carbons (Fsp3) is 0.800. The Kier molecular flexibility index (Phi) is 6.37. The number of hydrogen-bond acceptors (Lipinski definition) is 6. The van der Waals surface area contributed by atoms with E-state index in [9.17, 15) is 14.4 Å². The maximum absolute atomic E-state index is 12.6. The van der Waals surface area contributed by atoms with E-state index in [4.69, 9.17) is 14.2 Å². The van der Waals surface area contributed by atoms with Crippen molar-refractivity contribution in [1.29, 1.82) is 0 Å². The van der Waals surface area contributed by atoms with Gasteiger partial charge in [0.05, 0.1) is 7.11 Å². The molecule has 0 aromatic heterocycles. The monoisotopic (exact) mass is 330 g/mol. The van der Waals surface area contributed by atoms with Crippen molar-refractivity contribution in [2.45, 2.75) is 64.4 Å². The summed E-state index contributed by atoms with van der Waals surface area (Å²) >= 11 is 0. The zero-order valence-corrected chi connectivity index (χ0v) is 14.5. The van der Waals surface area contributed by atoms with Crippen LogP contribution in [0, 0.1) is 0 Å². The highest BCUT2D eigenvalue weighted by Crippen LogP contribution is 2.26. The molecule has 0 aromatic rings. The van der Waals surface area contributed by atoms with Gasteiger partial charge in [-0.2, -0.15) is 0 Å². The van der Waals surface area contributed by atoms with Gasteiger partial charge in [0.1, 0.15) is 23.9 Å². The van der Waals surface area contributed by atoms with Crippen molar-refractivity contribution >= 4 is 18.0 Å². The summed E-state index contributed by atoms with van der Waals surface area (Å²) in [5.74, 6) is -0.919. The maximum atomic E-state index is 12.6. The lowest BCUT2D eigenvalue weighted by molar-refractivity contribution is -0.158. The predicted octanol–water partition coefficient (Wildman–Crippen LogP) is 1.04. The van der Waals surface area contributed by atoms with Gasteiger partial charge in [0.15, 0.2) is 0 Å². The number of esters is 1. The first-order valence-corrected chi connectivity index (χ1v) is 7.53. The molecule has 1 aliphatic rings. The Bertz CT molecular complexity index is 459. The normalized spacial score (nSPS) is 22.4. The van der Waals surface area contributed by atoms with Crippen LogP contribution in [0.3, 0.4) is 0 Å². The van der Waals surface area contributed by atoms with E-state index in [1.807, 2.05) is 0 Å². The molecule has 2 amide bonds. The summed E-state index contributed by atoms with van der Waals surface area (Å²) in [5.41, 5.74) is -0.663. The summed E-state index contributed by atoms with van der Waals surface area (Å²) in [6, 6.07) is -1.56. The number of rotatable bonds is 4. The molecular weight excluding hydrogens is 304 g/mol. The number of nitrogens with one attached hydrogen (secondary N) is 1. The molecule has 1 saturated heterocycles. The number of alkyl carbamates (subject to hydrolysis) is 1. The van der Waals surface area contributed by atoms with Gasteiger partial charge in [-0.1, -0.05) is 0 Å². The van der Waals surface area contributed by atoms with Gasteiger partial charge >= 0.3 is 12.1 Å². The minimum absolute atomic E-state index is 0.421. The zero-order chi connectivity index (χ0) is 17.8. The molecule has 3 atom stereocenters. The van der Waals surface area contributed by atoms with E-state index in [-0.39, 0.29) is 0 Å². The van der Waals surface area contributed by atoms with Gasteiger partial charge in [0.25, 0.3) is 0 Å². The Morgan fingerprint density at radius 2 is 1.78 bits per heavy atom. The number of carbonyl (C=O) groups excluding carboxylic acids is 3. The molecule has 0 aromatic carbocycles. The second kappa shape index (κ2) is 7.63. The number of ether oxygens (including phenoxy) is 3. The van der Waals surface area contributed by atoms with Gasteiger partial charge in [-0.05, 0) is 40.5 Å². The van der Waals surface area contributed by atoms with Crippen molar-refractivity contribution in [3.05, 3.63) is 0 Å². The molecular formula is C15H26N2O6. The molecule has 1 aliphatic heterocycles. The van der Waals surface area contributed by atoms with Crippen molar-refractivity contribution in [2.24, 2.45) is 0 Å². The average Bonchev–Trinajstić information content (AvgIpc) is 2.86. The van der Waals surface area contributed by atoms with Crippen molar-refractivity contribution in [3.8, 4) is 0 Å². The lowest BCUT2D eigenvalue weighted by Crippen LogP contribution is -2.54. The molecule has 8 nitrogen and oxygen atoms in total. The van der Waals surface area contributed by atoms with E-state index in [1.54, 1.807) is 20.8 Å².